The van der Waals surface area contributed by atoms with Crippen molar-refractivity contribution in [3.8, 4) is 0 Å². The molecule has 146 valence electrons. The number of ether oxygens (including phenoxy) is 1. The zero-order valence-corrected chi connectivity index (χ0v) is 18.6. The van der Waals surface area contributed by atoms with E-state index in [4.69, 9.17) is 4.74 Å². The largest absolute Gasteiger partial charge is 0.378 e. The third kappa shape index (κ3) is 4.50. The number of hydrogen-bond acceptors (Lipinski definition) is 3. The minimum atomic E-state index is 0. The van der Waals surface area contributed by atoms with Crippen LogP contribution < -0.4 is 10.6 Å². The van der Waals surface area contributed by atoms with Gasteiger partial charge in [-0.1, -0.05) is 12.8 Å². The van der Waals surface area contributed by atoms with Gasteiger partial charge in [-0.25, -0.2) is 0 Å². The summed E-state index contributed by atoms with van der Waals surface area (Å²) in [6, 6.07) is 2.58. The van der Waals surface area contributed by atoms with Gasteiger partial charge in [0.1, 0.15) is 0 Å². The van der Waals surface area contributed by atoms with Gasteiger partial charge in [-0.15, -0.1) is 24.0 Å². The molecule has 1 heterocycles. The molecule has 6 heteroatoms. The summed E-state index contributed by atoms with van der Waals surface area (Å²) in [7, 11) is 1.85. The molecule has 2 aliphatic carbocycles. The van der Waals surface area contributed by atoms with Crippen molar-refractivity contribution in [1.29, 1.82) is 0 Å². The van der Waals surface area contributed by atoms with Crippen LogP contribution in [-0.2, 0) is 11.2 Å². The monoisotopic (exact) mass is 472 g/mol. The summed E-state index contributed by atoms with van der Waals surface area (Å²) in [4.78, 5) is 8.59. The summed E-state index contributed by atoms with van der Waals surface area (Å²) < 4.78 is 6.01. The number of halogens is 1. The van der Waals surface area contributed by atoms with Crippen LogP contribution in [0.3, 0.4) is 0 Å². The number of guanidine groups is 1. The van der Waals surface area contributed by atoms with Gasteiger partial charge in [0.05, 0.1) is 6.10 Å². The fraction of sp³-hybridized carbons (Fsp3) is 0.700. The molecule has 5 nitrogen and oxygen atoms in total. The van der Waals surface area contributed by atoms with Gasteiger partial charge < -0.3 is 15.4 Å². The van der Waals surface area contributed by atoms with E-state index in [2.05, 4.69) is 40.5 Å². The molecule has 0 amide bonds. The summed E-state index contributed by atoms with van der Waals surface area (Å²) in [6.45, 7) is 5.91. The second-order valence-electron chi connectivity index (χ2n) is 7.37. The molecule has 2 aliphatic rings. The molecular weight excluding hydrogens is 439 g/mol. The molecule has 2 N–H and O–H groups in total. The number of aryl methyl sites for hydroxylation is 1. The van der Waals surface area contributed by atoms with Crippen molar-refractivity contribution in [3.05, 3.63) is 29.6 Å². The van der Waals surface area contributed by atoms with Crippen LogP contribution in [0.1, 0.15) is 50.2 Å². The second-order valence-corrected chi connectivity index (χ2v) is 7.37. The summed E-state index contributed by atoms with van der Waals surface area (Å²) in [5.74, 6) is 0.915. The van der Waals surface area contributed by atoms with Crippen LogP contribution in [0, 0.1) is 12.3 Å². The van der Waals surface area contributed by atoms with Gasteiger partial charge >= 0.3 is 0 Å². The number of rotatable bonds is 6. The van der Waals surface area contributed by atoms with Crippen LogP contribution in [0.25, 0.3) is 0 Å². The molecule has 1 aromatic heterocycles. The Bertz CT molecular complexity index is 601. The van der Waals surface area contributed by atoms with Gasteiger partial charge in [0.2, 0.25) is 0 Å². The fourth-order valence-corrected chi connectivity index (χ4v) is 4.55. The van der Waals surface area contributed by atoms with E-state index in [0.717, 1.165) is 32.0 Å². The Kier molecular flexibility index (Phi) is 8.13. The quantitative estimate of drug-likeness (QED) is 0.379. The molecule has 2 fully saturated rings. The zero-order valence-electron chi connectivity index (χ0n) is 16.3. The summed E-state index contributed by atoms with van der Waals surface area (Å²) in [5.41, 5.74) is 2.91. The van der Waals surface area contributed by atoms with Gasteiger partial charge in [0, 0.05) is 44.0 Å². The van der Waals surface area contributed by atoms with Crippen LogP contribution in [0.5, 0.6) is 0 Å². The third-order valence-corrected chi connectivity index (χ3v) is 6.05. The first-order valence-electron chi connectivity index (χ1n) is 9.68. The number of pyridine rings is 1. The Hall–Kier alpha value is -0.890. The normalized spacial score (nSPS) is 24.0. The lowest BCUT2D eigenvalue weighted by atomic mass is 9.60. The van der Waals surface area contributed by atoms with Crippen molar-refractivity contribution in [3.63, 3.8) is 0 Å². The zero-order chi connectivity index (χ0) is 17.7. The Balaban J connectivity index is 0.00000243. The SMILES string of the molecule is CCOC1CC(NC(=NC)NCCc2ccncc2C)C12CCCC2.I. The van der Waals surface area contributed by atoms with E-state index >= 15 is 0 Å². The van der Waals surface area contributed by atoms with Gasteiger partial charge in [-0.05, 0) is 56.7 Å². The maximum absolute atomic E-state index is 6.01. The summed E-state index contributed by atoms with van der Waals surface area (Å²) >= 11 is 0. The lowest BCUT2D eigenvalue weighted by molar-refractivity contribution is -0.125. The van der Waals surface area contributed by atoms with E-state index in [9.17, 15) is 0 Å². The molecule has 2 saturated carbocycles. The first-order valence-corrected chi connectivity index (χ1v) is 9.68. The van der Waals surface area contributed by atoms with Crippen LogP contribution in [0.15, 0.2) is 23.5 Å². The van der Waals surface area contributed by atoms with E-state index in [1.807, 2.05) is 19.4 Å². The molecule has 1 aromatic rings. The Labute approximate surface area is 174 Å². The number of aromatic nitrogens is 1. The van der Waals surface area contributed by atoms with Crippen molar-refractivity contribution < 1.29 is 4.74 Å². The highest BCUT2D eigenvalue weighted by Crippen LogP contribution is 2.54. The standard InChI is InChI=1S/C20H32N4O.HI/c1-4-25-18-13-17(20(18)9-5-6-10-20)24-19(21-3)23-12-8-16-7-11-22-14-15(16)2;/h7,11,14,17-18H,4-6,8-10,12-13H2,1-3H3,(H2,21,23,24);1H. The van der Waals surface area contributed by atoms with Crippen LogP contribution in [0.2, 0.25) is 0 Å². The topological polar surface area (TPSA) is 58.5 Å². The second kappa shape index (κ2) is 9.88. The van der Waals surface area contributed by atoms with E-state index < -0.39 is 0 Å². The van der Waals surface area contributed by atoms with Crippen molar-refractivity contribution in [2.45, 2.75) is 64.5 Å². The predicted molar refractivity (Wildman–Crippen MR) is 117 cm³/mol. The molecule has 26 heavy (non-hydrogen) atoms. The number of nitrogens with zero attached hydrogens (tertiary/aromatic N) is 2. The van der Waals surface area contributed by atoms with Crippen LogP contribution in [-0.4, -0.2) is 43.3 Å². The Morgan fingerprint density at radius 3 is 2.81 bits per heavy atom. The molecule has 2 atom stereocenters. The number of hydrogen-bond donors (Lipinski definition) is 2. The molecule has 0 bridgehead atoms. The highest BCUT2D eigenvalue weighted by atomic mass is 127. The average molecular weight is 472 g/mol. The number of nitrogens with one attached hydrogen (secondary N) is 2. The highest BCUT2D eigenvalue weighted by molar-refractivity contribution is 14.0. The van der Waals surface area contributed by atoms with Gasteiger partial charge in [-0.3, -0.25) is 9.98 Å². The maximum atomic E-state index is 6.01. The lowest BCUT2D eigenvalue weighted by Gasteiger charge is -2.54. The minimum absolute atomic E-state index is 0. The van der Waals surface area contributed by atoms with Crippen molar-refractivity contribution in [1.82, 2.24) is 15.6 Å². The van der Waals surface area contributed by atoms with Gasteiger partial charge in [-0.2, -0.15) is 0 Å². The fourth-order valence-electron chi connectivity index (χ4n) is 4.55. The first-order chi connectivity index (χ1) is 12.2. The smallest absolute Gasteiger partial charge is 0.191 e. The first kappa shape index (κ1) is 21.4. The summed E-state index contributed by atoms with van der Waals surface area (Å²) in [5, 5.41) is 7.15. The summed E-state index contributed by atoms with van der Waals surface area (Å²) in [6.07, 6.45) is 11.5. The van der Waals surface area contributed by atoms with Crippen LogP contribution in [0.4, 0.5) is 0 Å². The van der Waals surface area contributed by atoms with Crippen LogP contribution >= 0.6 is 24.0 Å². The maximum Gasteiger partial charge on any atom is 0.191 e. The van der Waals surface area contributed by atoms with E-state index in [1.54, 1.807) is 0 Å². The van der Waals surface area contributed by atoms with Gasteiger partial charge in [0.25, 0.3) is 0 Å². The van der Waals surface area contributed by atoms with Crippen molar-refractivity contribution in [2.24, 2.45) is 10.4 Å². The Morgan fingerprint density at radius 1 is 1.38 bits per heavy atom. The molecule has 1 spiro atoms. The molecule has 0 aliphatic heterocycles. The molecular formula is C20H33IN4O. The van der Waals surface area contributed by atoms with E-state index in [-0.39, 0.29) is 24.0 Å². The number of aliphatic imine (C=N–C) groups is 1. The van der Waals surface area contributed by atoms with Gasteiger partial charge in [0.15, 0.2) is 5.96 Å². The van der Waals surface area contributed by atoms with E-state index in [1.165, 1.54) is 36.8 Å². The molecule has 0 saturated heterocycles. The third-order valence-electron chi connectivity index (χ3n) is 6.05. The van der Waals surface area contributed by atoms with Crippen molar-refractivity contribution >= 4 is 29.9 Å². The predicted octanol–water partition coefficient (Wildman–Crippen LogP) is 3.45. The lowest BCUT2D eigenvalue weighted by Crippen LogP contribution is -2.65. The van der Waals surface area contributed by atoms with E-state index in [0.29, 0.717) is 17.6 Å². The molecule has 0 radical (unpaired) electrons. The Morgan fingerprint density at radius 2 is 2.15 bits per heavy atom. The highest BCUT2D eigenvalue weighted by Gasteiger charge is 2.56. The minimum Gasteiger partial charge on any atom is -0.378 e. The average Bonchev–Trinajstić information content (AvgIpc) is 3.14. The molecule has 0 aromatic carbocycles. The molecule has 3 rings (SSSR count). The molecule has 2 unspecified atom stereocenters. The van der Waals surface area contributed by atoms with Crippen molar-refractivity contribution in [2.75, 3.05) is 20.2 Å².